The van der Waals surface area contributed by atoms with Gasteiger partial charge in [-0.15, -0.1) is 0 Å². The zero-order valence-electron chi connectivity index (χ0n) is 13.9. The van der Waals surface area contributed by atoms with Gasteiger partial charge >= 0.3 is 0 Å². The predicted octanol–water partition coefficient (Wildman–Crippen LogP) is 1.29. The fraction of sp³-hybridized carbons (Fsp3) is 0.562. The minimum Gasteiger partial charge on any atom is -0.367 e. The van der Waals surface area contributed by atoms with Crippen LogP contribution in [0.15, 0.2) is 12.4 Å². The van der Waals surface area contributed by atoms with Crippen LogP contribution in [0.25, 0.3) is 0 Å². The summed E-state index contributed by atoms with van der Waals surface area (Å²) < 4.78 is 7.58. The van der Waals surface area contributed by atoms with Gasteiger partial charge in [0.2, 0.25) is 5.91 Å². The molecular weight excluding hydrogens is 294 g/mol. The van der Waals surface area contributed by atoms with Crippen LogP contribution < -0.4 is 0 Å². The van der Waals surface area contributed by atoms with Gasteiger partial charge in [0.1, 0.15) is 11.9 Å². The number of hydrogen-bond donors (Lipinski definition) is 1. The van der Waals surface area contributed by atoms with Gasteiger partial charge in [0, 0.05) is 37.6 Å². The number of carbonyl (C=O) groups excluding carboxylic acids is 1. The van der Waals surface area contributed by atoms with E-state index < -0.39 is 0 Å². The van der Waals surface area contributed by atoms with E-state index in [9.17, 15) is 4.79 Å². The smallest absolute Gasteiger partial charge is 0.223 e. The molecule has 124 valence electrons. The first kappa shape index (κ1) is 15.7. The first-order valence-corrected chi connectivity index (χ1v) is 7.93. The summed E-state index contributed by atoms with van der Waals surface area (Å²) in [5.41, 5.74) is 3.25. The van der Waals surface area contributed by atoms with Gasteiger partial charge in [0.15, 0.2) is 0 Å². The highest BCUT2D eigenvalue weighted by Crippen LogP contribution is 2.20. The number of rotatable bonds is 4. The highest BCUT2D eigenvalue weighted by molar-refractivity contribution is 5.76. The van der Waals surface area contributed by atoms with Crippen molar-refractivity contribution in [3.05, 3.63) is 35.2 Å². The second-order valence-corrected chi connectivity index (χ2v) is 6.03. The molecule has 2 aromatic rings. The normalized spacial score (nSPS) is 18.4. The van der Waals surface area contributed by atoms with E-state index in [4.69, 9.17) is 4.74 Å². The Kier molecular flexibility index (Phi) is 4.47. The summed E-state index contributed by atoms with van der Waals surface area (Å²) >= 11 is 0. The number of morpholine rings is 1. The second kappa shape index (κ2) is 6.54. The molecule has 7 heteroatoms. The van der Waals surface area contributed by atoms with Gasteiger partial charge in [-0.1, -0.05) is 0 Å². The van der Waals surface area contributed by atoms with Crippen LogP contribution in [0.3, 0.4) is 0 Å². The average Bonchev–Trinajstić information content (AvgIpc) is 3.13. The van der Waals surface area contributed by atoms with Crippen LogP contribution >= 0.6 is 0 Å². The lowest BCUT2D eigenvalue weighted by Crippen LogP contribution is -2.42. The van der Waals surface area contributed by atoms with Gasteiger partial charge in [-0.25, -0.2) is 4.98 Å². The Balaban J connectivity index is 1.57. The molecule has 7 nitrogen and oxygen atoms in total. The van der Waals surface area contributed by atoms with Crippen LogP contribution in [0.5, 0.6) is 0 Å². The third-order valence-corrected chi connectivity index (χ3v) is 4.39. The lowest BCUT2D eigenvalue weighted by atomic mass is 10.1. The van der Waals surface area contributed by atoms with Crippen LogP contribution in [0.2, 0.25) is 0 Å². The molecule has 3 heterocycles. The summed E-state index contributed by atoms with van der Waals surface area (Å²) in [7, 11) is 1.92. The maximum Gasteiger partial charge on any atom is 0.223 e. The second-order valence-electron chi connectivity index (χ2n) is 6.03. The maximum absolute atomic E-state index is 12.5. The van der Waals surface area contributed by atoms with E-state index in [1.807, 2.05) is 36.7 Å². The number of amides is 1. The maximum atomic E-state index is 12.5. The van der Waals surface area contributed by atoms with Crippen LogP contribution in [-0.4, -0.2) is 50.3 Å². The molecular formula is C16H23N5O2. The molecule has 3 rings (SSSR count). The highest BCUT2D eigenvalue weighted by Gasteiger charge is 2.27. The van der Waals surface area contributed by atoms with E-state index >= 15 is 0 Å². The number of ether oxygens (including phenoxy) is 1. The highest BCUT2D eigenvalue weighted by atomic mass is 16.5. The Morgan fingerprint density at radius 3 is 2.91 bits per heavy atom. The van der Waals surface area contributed by atoms with Crippen LogP contribution in [0.1, 0.15) is 35.3 Å². The van der Waals surface area contributed by atoms with Crippen molar-refractivity contribution >= 4 is 5.91 Å². The molecule has 0 aromatic carbocycles. The fourth-order valence-electron chi connectivity index (χ4n) is 2.83. The Morgan fingerprint density at radius 2 is 2.26 bits per heavy atom. The number of carbonyl (C=O) groups is 1. The first-order valence-electron chi connectivity index (χ1n) is 7.93. The Morgan fingerprint density at radius 1 is 1.43 bits per heavy atom. The number of H-pyrrole nitrogens is 1. The van der Waals surface area contributed by atoms with Crippen molar-refractivity contribution in [1.82, 2.24) is 24.6 Å². The standard InChI is InChI=1S/C16H23N5O2/c1-11-8-17-16(19-11)14-10-21(6-7-23-14)15(22)5-4-13-9-18-20(3)12(13)2/h8-9,14H,4-7,10H2,1-3H3,(H,17,19). The summed E-state index contributed by atoms with van der Waals surface area (Å²) in [5, 5.41) is 4.22. The Labute approximate surface area is 135 Å². The lowest BCUT2D eigenvalue weighted by Gasteiger charge is -2.32. The van der Waals surface area contributed by atoms with Gasteiger partial charge < -0.3 is 14.6 Å². The number of imidazole rings is 1. The van der Waals surface area contributed by atoms with Gasteiger partial charge in [-0.05, 0) is 25.8 Å². The fourth-order valence-corrected chi connectivity index (χ4v) is 2.83. The van der Waals surface area contributed by atoms with Crippen molar-refractivity contribution in [3.63, 3.8) is 0 Å². The molecule has 1 N–H and O–H groups in total. The van der Waals surface area contributed by atoms with E-state index in [1.165, 1.54) is 0 Å². The third-order valence-electron chi connectivity index (χ3n) is 4.39. The number of aromatic amines is 1. The molecule has 0 bridgehead atoms. The summed E-state index contributed by atoms with van der Waals surface area (Å²) in [6.45, 7) is 5.72. The molecule has 0 aliphatic carbocycles. The molecule has 1 saturated heterocycles. The topological polar surface area (TPSA) is 76.0 Å². The first-order chi connectivity index (χ1) is 11.0. The number of aromatic nitrogens is 4. The molecule has 1 atom stereocenters. The summed E-state index contributed by atoms with van der Waals surface area (Å²) in [5.74, 6) is 0.952. The predicted molar refractivity (Wildman–Crippen MR) is 84.9 cm³/mol. The summed E-state index contributed by atoms with van der Waals surface area (Å²) in [6, 6.07) is 0. The number of aryl methyl sites for hydroxylation is 3. The van der Waals surface area contributed by atoms with Crippen molar-refractivity contribution in [2.24, 2.45) is 7.05 Å². The van der Waals surface area contributed by atoms with Crippen molar-refractivity contribution in [2.75, 3.05) is 19.7 Å². The van der Waals surface area contributed by atoms with Gasteiger partial charge in [0.05, 0.1) is 19.3 Å². The van der Waals surface area contributed by atoms with Crippen molar-refractivity contribution in [2.45, 2.75) is 32.8 Å². The number of hydrogen-bond acceptors (Lipinski definition) is 4. The lowest BCUT2D eigenvalue weighted by molar-refractivity contribution is -0.139. The molecule has 1 amide bonds. The zero-order chi connectivity index (χ0) is 16.4. The van der Waals surface area contributed by atoms with Crippen LogP contribution in [0, 0.1) is 13.8 Å². The number of nitrogens with one attached hydrogen (secondary N) is 1. The zero-order valence-corrected chi connectivity index (χ0v) is 13.9. The molecule has 2 aromatic heterocycles. The molecule has 1 fully saturated rings. The molecule has 1 unspecified atom stereocenters. The van der Waals surface area contributed by atoms with Gasteiger partial charge in [0.25, 0.3) is 0 Å². The minimum absolute atomic E-state index is 0.157. The SMILES string of the molecule is Cc1cnc(C2CN(C(=O)CCc3cnn(C)c3C)CCO2)[nH]1. The van der Waals surface area contributed by atoms with Gasteiger partial charge in [-0.2, -0.15) is 5.10 Å². The summed E-state index contributed by atoms with van der Waals surface area (Å²) in [4.78, 5) is 21.9. The molecule has 1 aliphatic heterocycles. The summed E-state index contributed by atoms with van der Waals surface area (Å²) in [6.07, 6.45) is 4.68. The average molecular weight is 317 g/mol. The molecule has 0 spiro atoms. The van der Waals surface area contributed by atoms with E-state index in [-0.39, 0.29) is 12.0 Å². The molecule has 0 radical (unpaired) electrons. The largest absolute Gasteiger partial charge is 0.367 e. The number of nitrogens with zero attached hydrogens (tertiary/aromatic N) is 4. The third kappa shape index (κ3) is 3.44. The monoisotopic (exact) mass is 317 g/mol. The van der Waals surface area contributed by atoms with Crippen molar-refractivity contribution in [3.8, 4) is 0 Å². The Hall–Kier alpha value is -2.15. The van der Waals surface area contributed by atoms with E-state index in [0.29, 0.717) is 26.1 Å². The van der Waals surface area contributed by atoms with E-state index in [0.717, 1.165) is 29.2 Å². The van der Waals surface area contributed by atoms with E-state index in [1.54, 1.807) is 6.20 Å². The molecule has 1 aliphatic rings. The minimum atomic E-state index is -0.165. The molecule has 23 heavy (non-hydrogen) atoms. The van der Waals surface area contributed by atoms with Crippen LogP contribution in [0.4, 0.5) is 0 Å². The quantitative estimate of drug-likeness (QED) is 0.922. The van der Waals surface area contributed by atoms with Crippen molar-refractivity contribution < 1.29 is 9.53 Å². The van der Waals surface area contributed by atoms with Crippen molar-refractivity contribution in [1.29, 1.82) is 0 Å². The van der Waals surface area contributed by atoms with Gasteiger partial charge in [-0.3, -0.25) is 9.48 Å². The van der Waals surface area contributed by atoms with E-state index in [2.05, 4.69) is 15.1 Å². The Bertz CT molecular complexity index is 690. The van der Waals surface area contributed by atoms with Crippen LogP contribution in [-0.2, 0) is 23.0 Å². The molecule has 0 saturated carbocycles.